The quantitative estimate of drug-likeness (QED) is 0.737. The first-order valence-corrected chi connectivity index (χ1v) is 11.9. The predicted molar refractivity (Wildman–Crippen MR) is 112 cm³/mol. The van der Waals surface area contributed by atoms with E-state index in [0.29, 0.717) is 48.5 Å². The minimum absolute atomic E-state index is 0.0263. The second kappa shape index (κ2) is 7.67. The molecule has 0 bridgehead atoms. The van der Waals surface area contributed by atoms with Gasteiger partial charge in [0.1, 0.15) is 4.21 Å². The molecule has 0 unspecified atom stereocenters. The smallest absolute Gasteiger partial charge is 0.252 e. The summed E-state index contributed by atoms with van der Waals surface area (Å²) < 4.78 is 28.2. The summed E-state index contributed by atoms with van der Waals surface area (Å²) in [5.74, 6) is 0.0263. The van der Waals surface area contributed by atoms with E-state index in [0.717, 1.165) is 22.5 Å². The van der Waals surface area contributed by atoms with Gasteiger partial charge < -0.3 is 9.80 Å². The molecule has 4 rings (SSSR count). The minimum Gasteiger partial charge on any atom is -0.369 e. The Bertz CT molecular complexity index is 998. The van der Waals surface area contributed by atoms with Crippen molar-refractivity contribution >= 4 is 44.6 Å². The molecule has 0 radical (unpaired) electrons. The number of sulfonamides is 1. The molecule has 0 saturated carbocycles. The summed E-state index contributed by atoms with van der Waals surface area (Å²) in [5, 5.41) is 0.677. The molecule has 150 valence electrons. The third-order valence-electron chi connectivity index (χ3n) is 5.30. The van der Waals surface area contributed by atoms with Gasteiger partial charge in [0.15, 0.2) is 0 Å². The number of fused-ring (bicyclic) bond motifs is 1. The fourth-order valence-electron chi connectivity index (χ4n) is 3.69. The highest BCUT2D eigenvalue weighted by atomic mass is 35.5. The van der Waals surface area contributed by atoms with E-state index in [2.05, 4.69) is 4.90 Å². The Morgan fingerprint density at radius 2 is 1.86 bits per heavy atom. The molecule has 2 aromatic rings. The van der Waals surface area contributed by atoms with Crippen LogP contribution in [0.15, 0.2) is 34.5 Å². The fraction of sp³-hybridized carbons (Fsp3) is 0.421. The van der Waals surface area contributed by atoms with Crippen molar-refractivity contribution in [3.63, 3.8) is 0 Å². The number of piperazine rings is 1. The van der Waals surface area contributed by atoms with Crippen LogP contribution in [0.1, 0.15) is 17.4 Å². The topological polar surface area (TPSA) is 60.9 Å². The summed E-state index contributed by atoms with van der Waals surface area (Å²) >= 11 is 7.42. The summed E-state index contributed by atoms with van der Waals surface area (Å²) in [6, 6.07) is 9.39. The number of hydrogen-bond acceptors (Lipinski definition) is 5. The van der Waals surface area contributed by atoms with E-state index in [1.54, 1.807) is 22.2 Å². The van der Waals surface area contributed by atoms with Gasteiger partial charge in [0, 0.05) is 61.8 Å². The second-order valence-electron chi connectivity index (χ2n) is 7.08. The maximum atomic E-state index is 13.1. The second-order valence-corrected chi connectivity index (χ2v) is 10.8. The molecule has 1 saturated heterocycles. The largest absolute Gasteiger partial charge is 0.369 e. The number of rotatable bonds is 3. The van der Waals surface area contributed by atoms with Crippen LogP contribution in [0.4, 0.5) is 5.69 Å². The molecule has 3 heterocycles. The van der Waals surface area contributed by atoms with Gasteiger partial charge in [-0.1, -0.05) is 17.7 Å². The molecular weight excluding hydrogens is 418 g/mol. The number of hydrogen-bond donors (Lipinski definition) is 0. The summed E-state index contributed by atoms with van der Waals surface area (Å²) in [5.41, 5.74) is 1.98. The number of nitrogens with zero attached hydrogens (tertiary/aromatic N) is 3. The van der Waals surface area contributed by atoms with Crippen molar-refractivity contribution in [2.75, 3.05) is 37.6 Å². The highest BCUT2D eigenvalue weighted by molar-refractivity contribution is 7.91. The first-order chi connectivity index (χ1) is 13.3. The van der Waals surface area contributed by atoms with Crippen LogP contribution >= 0.6 is 22.9 Å². The molecule has 1 aromatic heterocycles. The van der Waals surface area contributed by atoms with Crippen LogP contribution in [0.5, 0.6) is 0 Å². The van der Waals surface area contributed by atoms with Gasteiger partial charge in [0.2, 0.25) is 5.91 Å². The average Bonchev–Trinajstić information content (AvgIpc) is 3.12. The normalized spacial score (nSPS) is 18.2. The number of thiophene rings is 1. The van der Waals surface area contributed by atoms with Crippen LogP contribution < -0.4 is 4.90 Å². The summed E-state index contributed by atoms with van der Waals surface area (Å²) in [4.78, 5) is 16.6. The number of carbonyl (C=O) groups is 1. The Morgan fingerprint density at radius 1 is 1.11 bits per heavy atom. The molecule has 6 nitrogen and oxygen atoms in total. The lowest BCUT2D eigenvalue weighted by Crippen LogP contribution is -2.48. The van der Waals surface area contributed by atoms with Gasteiger partial charge in [-0.3, -0.25) is 4.79 Å². The molecule has 0 aliphatic carbocycles. The van der Waals surface area contributed by atoms with Gasteiger partial charge in [0.25, 0.3) is 10.0 Å². The molecule has 2 aliphatic rings. The first kappa shape index (κ1) is 19.7. The van der Waals surface area contributed by atoms with E-state index in [-0.39, 0.29) is 5.91 Å². The average molecular weight is 440 g/mol. The number of anilines is 1. The van der Waals surface area contributed by atoms with E-state index in [4.69, 9.17) is 11.6 Å². The fourth-order valence-corrected chi connectivity index (χ4v) is 6.99. The maximum absolute atomic E-state index is 13.1. The van der Waals surface area contributed by atoms with Crippen molar-refractivity contribution < 1.29 is 13.2 Å². The first-order valence-electron chi connectivity index (χ1n) is 9.22. The van der Waals surface area contributed by atoms with Crippen molar-refractivity contribution in [1.82, 2.24) is 9.21 Å². The number of benzene rings is 1. The lowest BCUT2D eigenvalue weighted by atomic mass is 10.1. The van der Waals surface area contributed by atoms with E-state index in [9.17, 15) is 13.2 Å². The van der Waals surface area contributed by atoms with Gasteiger partial charge in [0.05, 0.1) is 0 Å². The van der Waals surface area contributed by atoms with Gasteiger partial charge >= 0.3 is 0 Å². The Hall–Kier alpha value is -1.61. The molecule has 1 aromatic carbocycles. The zero-order chi connectivity index (χ0) is 19.9. The van der Waals surface area contributed by atoms with E-state index < -0.39 is 10.0 Å². The van der Waals surface area contributed by atoms with Crippen molar-refractivity contribution in [3.8, 4) is 0 Å². The SMILES string of the molecule is CC(=O)N1CCc2sc(S(=O)(=O)N3CCN(c4cccc(Cl)c4)CC3)cc2C1. The molecule has 9 heteroatoms. The molecule has 1 fully saturated rings. The monoisotopic (exact) mass is 439 g/mol. The van der Waals surface area contributed by atoms with Crippen LogP contribution in [0.2, 0.25) is 5.02 Å². The Morgan fingerprint density at radius 3 is 2.54 bits per heavy atom. The molecule has 28 heavy (non-hydrogen) atoms. The van der Waals surface area contributed by atoms with Gasteiger partial charge in [-0.15, -0.1) is 11.3 Å². The summed E-state index contributed by atoms with van der Waals surface area (Å²) in [7, 11) is -3.51. The Balaban J connectivity index is 1.47. The lowest BCUT2D eigenvalue weighted by Gasteiger charge is -2.35. The molecule has 2 aliphatic heterocycles. The van der Waals surface area contributed by atoms with E-state index in [1.807, 2.05) is 24.3 Å². The lowest BCUT2D eigenvalue weighted by molar-refractivity contribution is -0.129. The van der Waals surface area contributed by atoms with E-state index >= 15 is 0 Å². The molecule has 0 N–H and O–H groups in total. The summed E-state index contributed by atoms with van der Waals surface area (Å²) in [6.45, 7) is 4.84. The van der Waals surface area contributed by atoms with Crippen molar-refractivity contribution in [3.05, 3.63) is 45.8 Å². The standard InChI is InChI=1S/C19H22ClN3O3S2/c1-14(24)22-6-5-18-15(13-22)11-19(27-18)28(25,26)23-9-7-21(8-10-23)17-4-2-3-16(20)12-17/h2-4,11-12H,5-10,13H2,1H3. The highest BCUT2D eigenvalue weighted by Crippen LogP contribution is 2.33. The van der Waals surface area contributed by atoms with Crippen LogP contribution in [-0.2, 0) is 27.8 Å². The Kier molecular flexibility index (Phi) is 5.39. The minimum atomic E-state index is -3.51. The van der Waals surface area contributed by atoms with Crippen LogP contribution in [0.3, 0.4) is 0 Å². The molecule has 0 spiro atoms. The predicted octanol–water partition coefficient (Wildman–Crippen LogP) is 2.82. The van der Waals surface area contributed by atoms with Gasteiger partial charge in [-0.05, 0) is 36.2 Å². The molecular formula is C19H22ClN3O3S2. The molecule has 0 atom stereocenters. The van der Waals surface area contributed by atoms with Crippen LogP contribution in [-0.4, -0.2) is 56.3 Å². The van der Waals surface area contributed by atoms with Crippen LogP contribution in [0, 0.1) is 0 Å². The number of amides is 1. The third kappa shape index (κ3) is 3.78. The maximum Gasteiger partial charge on any atom is 0.252 e. The van der Waals surface area contributed by atoms with Gasteiger partial charge in [-0.25, -0.2) is 8.42 Å². The zero-order valence-electron chi connectivity index (χ0n) is 15.6. The van der Waals surface area contributed by atoms with Crippen molar-refractivity contribution in [2.24, 2.45) is 0 Å². The van der Waals surface area contributed by atoms with Crippen LogP contribution in [0.25, 0.3) is 0 Å². The number of halogens is 1. The van der Waals surface area contributed by atoms with Crippen molar-refractivity contribution in [1.29, 1.82) is 0 Å². The number of carbonyl (C=O) groups excluding carboxylic acids is 1. The van der Waals surface area contributed by atoms with E-state index in [1.165, 1.54) is 11.3 Å². The highest BCUT2D eigenvalue weighted by Gasteiger charge is 2.32. The van der Waals surface area contributed by atoms with Gasteiger partial charge in [-0.2, -0.15) is 4.31 Å². The molecule has 1 amide bonds. The Labute approximate surface area is 174 Å². The summed E-state index contributed by atoms with van der Waals surface area (Å²) in [6.07, 6.45) is 0.720. The zero-order valence-corrected chi connectivity index (χ0v) is 18.0. The van der Waals surface area contributed by atoms with Crippen molar-refractivity contribution in [2.45, 2.75) is 24.1 Å². The third-order valence-corrected chi connectivity index (χ3v) is 9.12.